The maximum absolute atomic E-state index is 12.4. The molecule has 21 heavy (non-hydrogen) atoms. The van der Waals surface area contributed by atoms with E-state index >= 15 is 0 Å². The van der Waals surface area contributed by atoms with Crippen LogP contribution in [-0.2, 0) is 12.8 Å². The Morgan fingerprint density at radius 1 is 1.05 bits per heavy atom. The average Bonchev–Trinajstić information content (AvgIpc) is 2.54. The van der Waals surface area contributed by atoms with Crippen LogP contribution in [0.2, 0.25) is 0 Å². The number of ketones is 1. The molecule has 2 heterocycles. The summed E-state index contributed by atoms with van der Waals surface area (Å²) in [6.07, 6.45) is 2.76. The Labute approximate surface area is 123 Å². The third-order valence-corrected chi connectivity index (χ3v) is 3.53. The Morgan fingerprint density at radius 2 is 1.90 bits per heavy atom. The Balaban J connectivity index is 1.89. The first-order chi connectivity index (χ1) is 10.3. The van der Waals surface area contributed by atoms with Gasteiger partial charge >= 0.3 is 0 Å². The molecule has 3 nitrogen and oxygen atoms in total. The van der Waals surface area contributed by atoms with Gasteiger partial charge in [0.2, 0.25) is 0 Å². The highest BCUT2D eigenvalue weighted by Crippen LogP contribution is 2.14. The van der Waals surface area contributed by atoms with Gasteiger partial charge in [0.05, 0.1) is 11.9 Å². The van der Waals surface area contributed by atoms with E-state index in [-0.39, 0.29) is 12.2 Å². The molecule has 0 aliphatic rings. The fourth-order valence-electron chi connectivity index (χ4n) is 2.43. The summed E-state index contributed by atoms with van der Waals surface area (Å²) in [5.41, 5.74) is 3.25. The first-order valence-corrected chi connectivity index (χ1v) is 7.09. The Bertz CT molecular complexity index is 796. The number of Topliss-reactive ketones (excluding diaryl/α,β-unsaturated/α-hetero) is 1. The number of hydrogen-bond donors (Lipinski definition) is 0. The van der Waals surface area contributed by atoms with E-state index in [9.17, 15) is 4.79 Å². The van der Waals surface area contributed by atoms with E-state index in [4.69, 9.17) is 0 Å². The molecule has 0 N–H and O–H groups in total. The van der Waals surface area contributed by atoms with Gasteiger partial charge in [-0.3, -0.25) is 14.8 Å². The number of aryl methyl sites for hydroxylation is 1. The smallest absolute Gasteiger partial charge is 0.187 e. The van der Waals surface area contributed by atoms with E-state index in [0.29, 0.717) is 5.69 Å². The number of carbonyl (C=O) groups is 1. The second-order valence-corrected chi connectivity index (χ2v) is 4.96. The van der Waals surface area contributed by atoms with Gasteiger partial charge in [0.25, 0.3) is 0 Å². The van der Waals surface area contributed by atoms with Gasteiger partial charge in [0.15, 0.2) is 5.78 Å². The molecule has 0 aliphatic carbocycles. The SMILES string of the molecule is CCc1cccnc1C(=O)Cc1ccc2ccccc2n1. The molecule has 2 aromatic heterocycles. The van der Waals surface area contributed by atoms with E-state index in [0.717, 1.165) is 28.6 Å². The molecular formula is C18H16N2O. The van der Waals surface area contributed by atoms with Crippen molar-refractivity contribution in [2.45, 2.75) is 19.8 Å². The summed E-state index contributed by atoms with van der Waals surface area (Å²) < 4.78 is 0. The summed E-state index contributed by atoms with van der Waals surface area (Å²) in [6.45, 7) is 2.03. The van der Waals surface area contributed by atoms with Crippen molar-refractivity contribution in [1.29, 1.82) is 0 Å². The number of para-hydroxylation sites is 1. The van der Waals surface area contributed by atoms with Crippen molar-refractivity contribution >= 4 is 16.7 Å². The predicted octanol–water partition coefficient (Wildman–Crippen LogP) is 3.62. The van der Waals surface area contributed by atoms with Crippen LogP contribution in [0.1, 0.15) is 28.7 Å². The highest BCUT2D eigenvalue weighted by Gasteiger charge is 2.13. The molecule has 0 fully saturated rings. The van der Waals surface area contributed by atoms with Crippen LogP contribution in [0.3, 0.4) is 0 Å². The van der Waals surface area contributed by atoms with Crippen LogP contribution >= 0.6 is 0 Å². The molecule has 0 bridgehead atoms. The molecule has 3 heteroatoms. The van der Waals surface area contributed by atoms with Crippen LogP contribution in [-0.4, -0.2) is 15.8 Å². The van der Waals surface area contributed by atoms with Crippen LogP contribution in [0.25, 0.3) is 10.9 Å². The van der Waals surface area contributed by atoms with E-state index in [1.807, 2.05) is 55.5 Å². The minimum absolute atomic E-state index is 0.0234. The molecule has 0 aliphatic heterocycles. The number of aromatic nitrogens is 2. The first-order valence-electron chi connectivity index (χ1n) is 7.09. The molecule has 0 radical (unpaired) electrons. The number of nitrogens with zero attached hydrogens (tertiary/aromatic N) is 2. The zero-order chi connectivity index (χ0) is 14.7. The Morgan fingerprint density at radius 3 is 2.76 bits per heavy atom. The van der Waals surface area contributed by atoms with Crippen molar-refractivity contribution in [3.63, 3.8) is 0 Å². The van der Waals surface area contributed by atoms with E-state index in [1.54, 1.807) is 6.20 Å². The van der Waals surface area contributed by atoms with Gasteiger partial charge in [-0.05, 0) is 30.2 Å². The molecule has 104 valence electrons. The highest BCUT2D eigenvalue weighted by atomic mass is 16.1. The monoisotopic (exact) mass is 276 g/mol. The topological polar surface area (TPSA) is 42.9 Å². The fourth-order valence-corrected chi connectivity index (χ4v) is 2.43. The Hall–Kier alpha value is -2.55. The van der Waals surface area contributed by atoms with Gasteiger partial charge in [-0.1, -0.05) is 37.3 Å². The lowest BCUT2D eigenvalue weighted by Crippen LogP contribution is -2.10. The van der Waals surface area contributed by atoms with Crippen molar-refractivity contribution in [3.05, 3.63) is 71.7 Å². The molecular weight excluding hydrogens is 260 g/mol. The van der Waals surface area contributed by atoms with E-state index < -0.39 is 0 Å². The number of rotatable bonds is 4. The standard InChI is InChI=1S/C18H16N2O/c1-2-13-7-5-11-19-18(13)17(21)12-15-10-9-14-6-3-4-8-16(14)20-15/h3-11H,2,12H2,1H3. The summed E-state index contributed by atoms with van der Waals surface area (Å²) in [6, 6.07) is 15.6. The largest absolute Gasteiger partial charge is 0.292 e. The molecule has 3 rings (SSSR count). The minimum atomic E-state index is 0.0234. The van der Waals surface area contributed by atoms with Gasteiger partial charge < -0.3 is 0 Å². The number of hydrogen-bond acceptors (Lipinski definition) is 3. The lowest BCUT2D eigenvalue weighted by molar-refractivity contribution is 0.0986. The number of fused-ring (bicyclic) bond motifs is 1. The third-order valence-electron chi connectivity index (χ3n) is 3.53. The molecule has 0 saturated heterocycles. The lowest BCUT2D eigenvalue weighted by atomic mass is 10.0. The quantitative estimate of drug-likeness (QED) is 0.683. The summed E-state index contributed by atoms with van der Waals surface area (Å²) >= 11 is 0. The minimum Gasteiger partial charge on any atom is -0.292 e. The maximum atomic E-state index is 12.4. The second kappa shape index (κ2) is 5.83. The van der Waals surface area contributed by atoms with Crippen LogP contribution in [0.4, 0.5) is 0 Å². The van der Waals surface area contributed by atoms with Gasteiger partial charge in [-0.25, -0.2) is 0 Å². The zero-order valence-corrected chi connectivity index (χ0v) is 11.9. The van der Waals surface area contributed by atoms with Crippen molar-refractivity contribution in [2.24, 2.45) is 0 Å². The Kier molecular flexibility index (Phi) is 3.73. The predicted molar refractivity (Wildman–Crippen MR) is 83.4 cm³/mol. The maximum Gasteiger partial charge on any atom is 0.187 e. The molecule has 3 aromatic rings. The van der Waals surface area contributed by atoms with Gasteiger partial charge in [0.1, 0.15) is 5.69 Å². The summed E-state index contributed by atoms with van der Waals surface area (Å²) in [5, 5.41) is 1.08. The van der Waals surface area contributed by atoms with Crippen molar-refractivity contribution in [3.8, 4) is 0 Å². The van der Waals surface area contributed by atoms with Crippen molar-refractivity contribution < 1.29 is 4.79 Å². The molecule has 0 spiro atoms. The van der Waals surface area contributed by atoms with Crippen LogP contribution in [0.5, 0.6) is 0 Å². The average molecular weight is 276 g/mol. The molecule has 0 saturated carbocycles. The number of pyridine rings is 2. The molecule has 0 amide bonds. The van der Waals surface area contributed by atoms with E-state index in [2.05, 4.69) is 9.97 Å². The number of carbonyl (C=O) groups excluding carboxylic acids is 1. The molecule has 0 unspecified atom stereocenters. The normalized spacial score (nSPS) is 10.7. The van der Waals surface area contributed by atoms with Gasteiger partial charge in [-0.2, -0.15) is 0 Å². The van der Waals surface area contributed by atoms with Crippen LogP contribution in [0, 0.1) is 0 Å². The highest BCUT2D eigenvalue weighted by molar-refractivity contribution is 5.97. The number of benzene rings is 1. The summed E-state index contributed by atoms with van der Waals surface area (Å²) in [5.74, 6) is 0.0234. The van der Waals surface area contributed by atoms with Gasteiger partial charge in [0, 0.05) is 17.3 Å². The van der Waals surface area contributed by atoms with Crippen molar-refractivity contribution in [1.82, 2.24) is 9.97 Å². The van der Waals surface area contributed by atoms with Gasteiger partial charge in [-0.15, -0.1) is 0 Å². The fraction of sp³-hybridized carbons (Fsp3) is 0.167. The molecule has 1 aromatic carbocycles. The summed E-state index contributed by atoms with van der Waals surface area (Å²) in [4.78, 5) is 21.2. The second-order valence-electron chi connectivity index (χ2n) is 4.96. The summed E-state index contributed by atoms with van der Waals surface area (Å²) in [7, 11) is 0. The van der Waals surface area contributed by atoms with E-state index in [1.165, 1.54) is 0 Å². The van der Waals surface area contributed by atoms with Crippen molar-refractivity contribution in [2.75, 3.05) is 0 Å². The molecule has 0 atom stereocenters. The van der Waals surface area contributed by atoms with Crippen LogP contribution < -0.4 is 0 Å². The zero-order valence-electron chi connectivity index (χ0n) is 11.9. The first kappa shape index (κ1) is 13.4. The van der Waals surface area contributed by atoms with Crippen LogP contribution in [0.15, 0.2) is 54.7 Å². The third kappa shape index (κ3) is 2.82. The lowest BCUT2D eigenvalue weighted by Gasteiger charge is -2.06.